The van der Waals surface area contributed by atoms with Gasteiger partial charge in [-0.25, -0.2) is 4.79 Å². The largest absolute Gasteiger partial charge is 0.452 e. The molecule has 0 spiro atoms. The van der Waals surface area contributed by atoms with Crippen molar-refractivity contribution in [2.75, 3.05) is 18.1 Å². The third-order valence-electron chi connectivity index (χ3n) is 3.31. The molecular formula is C18H14Cl2N2O3. The van der Waals surface area contributed by atoms with Crippen molar-refractivity contribution < 1.29 is 14.3 Å². The Hall–Kier alpha value is -2.55. The van der Waals surface area contributed by atoms with Gasteiger partial charge >= 0.3 is 5.97 Å². The lowest BCUT2D eigenvalue weighted by Crippen LogP contribution is -2.35. The molecule has 0 atom stereocenters. The molecule has 0 aliphatic heterocycles. The predicted molar refractivity (Wildman–Crippen MR) is 95.8 cm³/mol. The van der Waals surface area contributed by atoms with Gasteiger partial charge in [0, 0.05) is 12.2 Å². The highest BCUT2D eigenvalue weighted by Crippen LogP contribution is 2.26. The summed E-state index contributed by atoms with van der Waals surface area (Å²) in [6.45, 7) is -0.267. The number of anilines is 1. The normalized spacial score (nSPS) is 9.96. The van der Waals surface area contributed by atoms with Crippen LogP contribution in [0.3, 0.4) is 0 Å². The van der Waals surface area contributed by atoms with Crippen molar-refractivity contribution >= 4 is 40.8 Å². The van der Waals surface area contributed by atoms with Crippen LogP contribution in [0.5, 0.6) is 0 Å². The summed E-state index contributed by atoms with van der Waals surface area (Å²) in [7, 11) is 0. The fourth-order valence-corrected chi connectivity index (χ4v) is 2.49. The Balaban J connectivity index is 2.07. The van der Waals surface area contributed by atoms with E-state index in [-0.39, 0.29) is 28.6 Å². The molecule has 0 saturated heterocycles. The first-order chi connectivity index (χ1) is 12.0. The smallest absolute Gasteiger partial charge is 0.340 e. The summed E-state index contributed by atoms with van der Waals surface area (Å²) >= 11 is 11.8. The van der Waals surface area contributed by atoms with Crippen molar-refractivity contribution in [1.29, 1.82) is 5.26 Å². The first kappa shape index (κ1) is 18.8. The van der Waals surface area contributed by atoms with Gasteiger partial charge in [0.05, 0.1) is 28.1 Å². The third kappa shape index (κ3) is 4.96. The number of carbonyl (C=O) groups excluding carboxylic acids is 2. The second-order valence-electron chi connectivity index (χ2n) is 4.97. The molecule has 1 amide bonds. The number of nitrogens with zero attached hydrogens (tertiary/aromatic N) is 2. The Morgan fingerprint density at radius 1 is 1.08 bits per heavy atom. The van der Waals surface area contributed by atoms with Gasteiger partial charge in [-0.15, -0.1) is 0 Å². The van der Waals surface area contributed by atoms with E-state index >= 15 is 0 Å². The molecule has 5 nitrogen and oxygen atoms in total. The van der Waals surface area contributed by atoms with Crippen LogP contribution in [0.2, 0.25) is 10.0 Å². The quantitative estimate of drug-likeness (QED) is 0.711. The average molecular weight is 377 g/mol. The number of esters is 1. The fraction of sp³-hybridized carbons (Fsp3) is 0.167. The van der Waals surface area contributed by atoms with E-state index in [2.05, 4.69) is 0 Å². The lowest BCUT2D eigenvalue weighted by Gasteiger charge is -2.21. The van der Waals surface area contributed by atoms with E-state index in [9.17, 15) is 9.59 Å². The molecule has 0 saturated carbocycles. The van der Waals surface area contributed by atoms with E-state index in [1.54, 1.807) is 36.4 Å². The highest BCUT2D eigenvalue weighted by Gasteiger charge is 2.19. The molecule has 2 aromatic carbocycles. The summed E-state index contributed by atoms with van der Waals surface area (Å²) < 4.78 is 5.05. The van der Waals surface area contributed by atoms with Crippen LogP contribution in [-0.4, -0.2) is 25.0 Å². The lowest BCUT2D eigenvalue weighted by molar-refractivity contribution is -0.121. The monoisotopic (exact) mass is 376 g/mol. The highest BCUT2D eigenvalue weighted by molar-refractivity contribution is 6.43. The Bertz CT molecular complexity index is 804. The van der Waals surface area contributed by atoms with Crippen molar-refractivity contribution in [2.45, 2.75) is 6.42 Å². The van der Waals surface area contributed by atoms with Gasteiger partial charge in [-0.05, 0) is 24.3 Å². The summed E-state index contributed by atoms with van der Waals surface area (Å²) in [5.41, 5.74) is 0.713. The van der Waals surface area contributed by atoms with Gasteiger partial charge in [0.2, 0.25) is 0 Å². The van der Waals surface area contributed by atoms with E-state index in [1.165, 1.54) is 11.0 Å². The number of rotatable bonds is 6. The molecule has 0 aromatic heterocycles. The number of hydrogen-bond acceptors (Lipinski definition) is 4. The molecule has 0 radical (unpaired) electrons. The third-order valence-corrected chi connectivity index (χ3v) is 4.13. The predicted octanol–water partition coefficient (Wildman–Crippen LogP) is 4.10. The molecule has 0 bridgehead atoms. The molecular weight excluding hydrogens is 363 g/mol. The molecule has 0 heterocycles. The van der Waals surface area contributed by atoms with Crippen LogP contribution in [0.25, 0.3) is 0 Å². The maximum Gasteiger partial charge on any atom is 0.340 e. The van der Waals surface area contributed by atoms with Crippen LogP contribution in [0, 0.1) is 11.3 Å². The van der Waals surface area contributed by atoms with Gasteiger partial charge in [-0.3, -0.25) is 4.79 Å². The average Bonchev–Trinajstić information content (AvgIpc) is 2.63. The molecule has 0 unspecified atom stereocenters. The van der Waals surface area contributed by atoms with E-state index in [0.717, 1.165) is 0 Å². The minimum Gasteiger partial charge on any atom is -0.452 e. The van der Waals surface area contributed by atoms with Crippen LogP contribution in [0.1, 0.15) is 16.8 Å². The zero-order valence-corrected chi connectivity index (χ0v) is 14.6. The Morgan fingerprint density at radius 3 is 2.48 bits per heavy atom. The van der Waals surface area contributed by atoms with Crippen LogP contribution in [-0.2, 0) is 9.53 Å². The minimum atomic E-state index is -0.742. The van der Waals surface area contributed by atoms with Crippen molar-refractivity contribution in [2.24, 2.45) is 0 Å². The van der Waals surface area contributed by atoms with Crippen molar-refractivity contribution in [3.05, 3.63) is 64.1 Å². The Morgan fingerprint density at radius 2 is 1.80 bits per heavy atom. The summed E-state index contributed by atoms with van der Waals surface area (Å²) in [5, 5.41) is 9.07. The number of benzene rings is 2. The first-order valence-corrected chi connectivity index (χ1v) is 8.13. The van der Waals surface area contributed by atoms with Crippen molar-refractivity contribution in [3.63, 3.8) is 0 Å². The van der Waals surface area contributed by atoms with Gasteiger partial charge < -0.3 is 9.64 Å². The number of halogens is 2. The van der Waals surface area contributed by atoms with E-state index in [1.807, 2.05) is 12.1 Å². The first-order valence-electron chi connectivity index (χ1n) is 7.38. The summed E-state index contributed by atoms with van der Waals surface area (Å²) in [4.78, 5) is 25.9. The summed E-state index contributed by atoms with van der Waals surface area (Å²) in [5.74, 6) is -1.18. The second-order valence-corrected chi connectivity index (χ2v) is 5.75. The van der Waals surface area contributed by atoms with E-state index < -0.39 is 18.5 Å². The molecule has 0 aliphatic carbocycles. The van der Waals surface area contributed by atoms with Crippen molar-refractivity contribution in [3.8, 4) is 6.07 Å². The van der Waals surface area contributed by atoms with Crippen LogP contribution in [0.4, 0.5) is 5.69 Å². The van der Waals surface area contributed by atoms with Gasteiger partial charge in [0.15, 0.2) is 6.61 Å². The molecule has 2 aromatic rings. The van der Waals surface area contributed by atoms with E-state index in [0.29, 0.717) is 5.69 Å². The van der Waals surface area contributed by atoms with Gasteiger partial charge in [-0.1, -0.05) is 47.5 Å². The Kier molecular flexibility index (Phi) is 6.81. The van der Waals surface area contributed by atoms with Gasteiger partial charge in [0.25, 0.3) is 5.91 Å². The van der Waals surface area contributed by atoms with Crippen LogP contribution in [0.15, 0.2) is 48.5 Å². The topological polar surface area (TPSA) is 70.4 Å². The molecule has 7 heteroatoms. The lowest BCUT2D eigenvalue weighted by atomic mass is 10.2. The van der Waals surface area contributed by atoms with Gasteiger partial charge in [0.1, 0.15) is 0 Å². The SMILES string of the molecule is N#CCCN(C(=O)COC(=O)c1cccc(Cl)c1Cl)c1ccccc1. The summed E-state index contributed by atoms with van der Waals surface area (Å²) in [6, 6.07) is 15.4. The Labute approximate surface area is 155 Å². The van der Waals surface area contributed by atoms with Crippen molar-refractivity contribution in [1.82, 2.24) is 0 Å². The molecule has 128 valence electrons. The maximum absolute atomic E-state index is 12.4. The second kappa shape index (κ2) is 9.07. The standard InChI is InChI=1S/C18H14Cl2N2O3/c19-15-9-4-8-14(17(15)20)18(24)25-12-16(23)22(11-5-10-21)13-6-2-1-3-7-13/h1-4,6-9H,5,11-12H2. The maximum atomic E-state index is 12.4. The molecule has 2 rings (SSSR count). The number of nitriles is 1. The highest BCUT2D eigenvalue weighted by atomic mass is 35.5. The molecule has 0 N–H and O–H groups in total. The molecule has 0 fully saturated rings. The minimum absolute atomic E-state index is 0.0750. The number of para-hydroxylation sites is 1. The fourth-order valence-electron chi connectivity index (χ4n) is 2.11. The van der Waals surface area contributed by atoms with Gasteiger partial charge in [-0.2, -0.15) is 5.26 Å². The van der Waals surface area contributed by atoms with E-state index in [4.69, 9.17) is 33.2 Å². The molecule has 25 heavy (non-hydrogen) atoms. The number of carbonyl (C=O) groups is 2. The number of ether oxygens (including phenoxy) is 1. The zero-order valence-electron chi connectivity index (χ0n) is 13.1. The van der Waals surface area contributed by atoms with Crippen LogP contribution < -0.4 is 4.90 Å². The number of hydrogen-bond donors (Lipinski definition) is 0. The zero-order chi connectivity index (χ0) is 18.2. The molecule has 0 aliphatic rings. The summed E-state index contributed by atoms with van der Waals surface area (Å²) in [6.07, 6.45) is 0.161. The van der Waals surface area contributed by atoms with Crippen LogP contribution >= 0.6 is 23.2 Å². The number of amides is 1.